The molecular formula is C12H13ClN4O3. The fraction of sp³-hybridized carbons (Fsp3) is 0.417. The first-order chi connectivity index (χ1) is 9.67. The van der Waals surface area contributed by atoms with E-state index in [9.17, 15) is 4.79 Å². The van der Waals surface area contributed by atoms with Crippen molar-refractivity contribution >= 4 is 34.9 Å². The molecule has 0 spiro atoms. The molecule has 1 saturated heterocycles. The summed E-state index contributed by atoms with van der Waals surface area (Å²) in [4.78, 5) is 23.5. The highest BCUT2D eigenvalue weighted by atomic mass is 35.5. The first-order valence-corrected chi connectivity index (χ1v) is 6.55. The Bertz CT molecular complexity index is 637. The maximum atomic E-state index is 11.4. The van der Waals surface area contributed by atoms with Crippen LogP contribution >= 0.6 is 11.6 Å². The lowest BCUT2D eigenvalue weighted by atomic mass is 10.3. The normalized spacial score (nSPS) is 15.7. The van der Waals surface area contributed by atoms with E-state index in [1.807, 2.05) is 4.90 Å². The second-order valence-electron chi connectivity index (χ2n) is 4.42. The minimum Gasteiger partial charge on any atom is -0.453 e. The first-order valence-electron chi connectivity index (χ1n) is 6.17. The zero-order chi connectivity index (χ0) is 14.1. The Kier molecular flexibility index (Phi) is 3.35. The molecule has 1 aliphatic heterocycles. The molecule has 0 atom stereocenters. The van der Waals surface area contributed by atoms with E-state index < -0.39 is 0 Å². The summed E-state index contributed by atoms with van der Waals surface area (Å²) in [6.07, 6.45) is 1.22. The molecule has 106 valence electrons. The number of carbonyl (C=O) groups is 1. The number of ether oxygens (including phenoxy) is 1. The Balaban J connectivity index is 1.75. The summed E-state index contributed by atoms with van der Waals surface area (Å²) in [7, 11) is 1.38. The second-order valence-corrected chi connectivity index (χ2v) is 4.85. The third kappa shape index (κ3) is 2.36. The number of nitrogens with zero attached hydrogens (tertiary/aromatic N) is 4. The molecular weight excluding hydrogens is 284 g/mol. The number of rotatable bonds is 1. The third-order valence-corrected chi connectivity index (χ3v) is 3.39. The van der Waals surface area contributed by atoms with Gasteiger partial charge >= 0.3 is 6.09 Å². The van der Waals surface area contributed by atoms with Crippen LogP contribution in [0.1, 0.15) is 0 Å². The summed E-state index contributed by atoms with van der Waals surface area (Å²) in [5.74, 6) is 0. The highest BCUT2D eigenvalue weighted by molar-refractivity contribution is 6.30. The number of piperazine rings is 1. The molecule has 1 fully saturated rings. The SMILES string of the molecule is COC(=O)N1CCN(c2nc3ncc(Cl)cc3o2)CC1. The van der Waals surface area contributed by atoms with Gasteiger partial charge in [-0.1, -0.05) is 11.6 Å². The Morgan fingerprint density at radius 3 is 2.85 bits per heavy atom. The van der Waals surface area contributed by atoms with Crippen molar-refractivity contribution in [1.82, 2.24) is 14.9 Å². The van der Waals surface area contributed by atoms with E-state index in [0.717, 1.165) is 0 Å². The molecule has 1 aliphatic rings. The van der Waals surface area contributed by atoms with Gasteiger partial charge in [0.15, 0.2) is 5.58 Å². The van der Waals surface area contributed by atoms with Gasteiger partial charge in [-0.2, -0.15) is 4.98 Å². The van der Waals surface area contributed by atoms with E-state index in [2.05, 4.69) is 9.97 Å². The summed E-state index contributed by atoms with van der Waals surface area (Å²) in [5.41, 5.74) is 1.09. The van der Waals surface area contributed by atoms with Crippen LogP contribution in [0.2, 0.25) is 5.02 Å². The number of fused-ring (bicyclic) bond motifs is 1. The number of hydrogen-bond acceptors (Lipinski definition) is 6. The van der Waals surface area contributed by atoms with Gasteiger partial charge in [-0.05, 0) is 0 Å². The molecule has 0 saturated carbocycles. The molecule has 0 radical (unpaired) electrons. The molecule has 7 nitrogen and oxygen atoms in total. The van der Waals surface area contributed by atoms with Crippen LogP contribution in [0.3, 0.4) is 0 Å². The fourth-order valence-corrected chi connectivity index (χ4v) is 2.28. The van der Waals surface area contributed by atoms with Crippen LogP contribution in [0.15, 0.2) is 16.7 Å². The van der Waals surface area contributed by atoms with Crippen LogP contribution in [0.25, 0.3) is 11.2 Å². The van der Waals surface area contributed by atoms with Crippen molar-refractivity contribution in [1.29, 1.82) is 0 Å². The van der Waals surface area contributed by atoms with Gasteiger partial charge in [-0.3, -0.25) is 0 Å². The third-order valence-electron chi connectivity index (χ3n) is 3.19. The molecule has 0 bridgehead atoms. The first kappa shape index (κ1) is 13.0. The van der Waals surface area contributed by atoms with Crippen molar-refractivity contribution in [3.8, 4) is 0 Å². The predicted molar refractivity (Wildman–Crippen MR) is 73.0 cm³/mol. The molecule has 3 rings (SSSR count). The van der Waals surface area contributed by atoms with Crippen LogP contribution in [-0.2, 0) is 4.74 Å². The smallest absolute Gasteiger partial charge is 0.409 e. The van der Waals surface area contributed by atoms with Gasteiger partial charge in [0.05, 0.1) is 12.1 Å². The molecule has 2 aromatic rings. The van der Waals surface area contributed by atoms with E-state index in [1.54, 1.807) is 11.0 Å². The quantitative estimate of drug-likeness (QED) is 0.798. The molecule has 0 unspecified atom stereocenters. The van der Waals surface area contributed by atoms with Crippen molar-refractivity contribution < 1.29 is 13.9 Å². The number of anilines is 1. The van der Waals surface area contributed by atoms with Gasteiger partial charge in [0, 0.05) is 38.4 Å². The summed E-state index contributed by atoms with van der Waals surface area (Å²) >= 11 is 5.86. The van der Waals surface area contributed by atoms with Crippen molar-refractivity contribution in [2.45, 2.75) is 0 Å². The minimum absolute atomic E-state index is 0.310. The van der Waals surface area contributed by atoms with Gasteiger partial charge < -0.3 is 19.0 Å². The average molecular weight is 297 g/mol. The summed E-state index contributed by atoms with van der Waals surface area (Å²) in [6.45, 7) is 2.41. The van der Waals surface area contributed by atoms with Gasteiger partial charge in [0.1, 0.15) is 0 Å². The lowest BCUT2D eigenvalue weighted by molar-refractivity contribution is 0.120. The zero-order valence-electron chi connectivity index (χ0n) is 10.9. The number of carbonyl (C=O) groups excluding carboxylic acids is 1. The zero-order valence-corrected chi connectivity index (χ0v) is 11.6. The number of halogens is 1. The molecule has 1 amide bonds. The van der Waals surface area contributed by atoms with Gasteiger partial charge in [0.25, 0.3) is 6.01 Å². The van der Waals surface area contributed by atoms with E-state index in [-0.39, 0.29) is 6.09 Å². The number of pyridine rings is 1. The second kappa shape index (κ2) is 5.16. The predicted octanol–water partition coefficient (Wildman–Crippen LogP) is 1.76. The van der Waals surface area contributed by atoms with E-state index in [1.165, 1.54) is 13.3 Å². The lowest BCUT2D eigenvalue weighted by Gasteiger charge is -2.32. The Morgan fingerprint density at radius 2 is 2.15 bits per heavy atom. The van der Waals surface area contributed by atoms with Crippen LogP contribution in [-0.4, -0.2) is 54.2 Å². The highest BCUT2D eigenvalue weighted by Crippen LogP contribution is 2.23. The molecule has 2 aromatic heterocycles. The molecule has 8 heteroatoms. The van der Waals surface area contributed by atoms with E-state index >= 15 is 0 Å². The van der Waals surface area contributed by atoms with Crippen LogP contribution in [0.5, 0.6) is 0 Å². The Morgan fingerprint density at radius 1 is 1.40 bits per heavy atom. The number of methoxy groups -OCH3 is 1. The molecule has 0 aliphatic carbocycles. The number of oxazole rings is 1. The van der Waals surface area contributed by atoms with Gasteiger partial charge in [0.2, 0.25) is 5.65 Å². The van der Waals surface area contributed by atoms with Gasteiger partial charge in [-0.15, -0.1) is 0 Å². The maximum Gasteiger partial charge on any atom is 0.409 e. The number of aromatic nitrogens is 2. The van der Waals surface area contributed by atoms with Gasteiger partial charge in [-0.25, -0.2) is 9.78 Å². The molecule has 0 aromatic carbocycles. The topological polar surface area (TPSA) is 71.7 Å². The largest absolute Gasteiger partial charge is 0.453 e. The lowest BCUT2D eigenvalue weighted by Crippen LogP contribution is -2.48. The van der Waals surface area contributed by atoms with Crippen molar-refractivity contribution in [3.63, 3.8) is 0 Å². The summed E-state index contributed by atoms with van der Waals surface area (Å²) < 4.78 is 10.3. The Labute approximate surface area is 120 Å². The number of hydrogen-bond donors (Lipinski definition) is 0. The van der Waals surface area contributed by atoms with E-state index in [0.29, 0.717) is 48.4 Å². The average Bonchev–Trinajstić information content (AvgIpc) is 2.89. The summed E-state index contributed by atoms with van der Waals surface area (Å²) in [5, 5.41) is 0.510. The maximum absolute atomic E-state index is 11.4. The molecule has 20 heavy (non-hydrogen) atoms. The summed E-state index contributed by atoms with van der Waals surface area (Å²) in [6, 6.07) is 2.18. The van der Waals surface area contributed by atoms with E-state index in [4.69, 9.17) is 20.8 Å². The monoisotopic (exact) mass is 296 g/mol. The van der Waals surface area contributed by atoms with Crippen LogP contribution in [0.4, 0.5) is 10.8 Å². The van der Waals surface area contributed by atoms with Crippen LogP contribution in [0, 0.1) is 0 Å². The molecule has 3 heterocycles. The van der Waals surface area contributed by atoms with Crippen molar-refractivity contribution in [2.24, 2.45) is 0 Å². The van der Waals surface area contributed by atoms with Crippen molar-refractivity contribution in [2.75, 3.05) is 38.2 Å². The minimum atomic E-state index is -0.310. The molecule has 0 N–H and O–H groups in total. The standard InChI is InChI=1S/C12H13ClN4O3/c1-19-12(18)17-4-2-16(3-5-17)11-15-10-9(20-11)6-8(13)7-14-10/h6-7H,2-5H2,1H3. The van der Waals surface area contributed by atoms with Crippen molar-refractivity contribution in [3.05, 3.63) is 17.3 Å². The number of amides is 1. The highest BCUT2D eigenvalue weighted by Gasteiger charge is 2.24. The van der Waals surface area contributed by atoms with Crippen LogP contribution < -0.4 is 4.90 Å². The Hall–Kier alpha value is -2.02. The fourth-order valence-electron chi connectivity index (χ4n) is 2.13.